The average molecular weight is 280 g/mol. The van der Waals surface area contributed by atoms with Crippen molar-refractivity contribution in [2.24, 2.45) is 5.92 Å². The minimum Gasteiger partial charge on any atom is -0.496 e. The molecule has 0 saturated heterocycles. The molecule has 0 aliphatic heterocycles. The van der Waals surface area contributed by atoms with Gasteiger partial charge in [0.05, 0.1) is 26.9 Å². The Morgan fingerprint density at radius 3 is 2.05 bits per heavy atom. The van der Waals surface area contributed by atoms with E-state index in [0.29, 0.717) is 35.2 Å². The highest BCUT2D eigenvalue weighted by atomic mass is 16.5. The van der Waals surface area contributed by atoms with Crippen molar-refractivity contribution in [2.75, 3.05) is 21.3 Å². The van der Waals surface area contributed by atoms with Gasteiger partial charge in [0.15, 0.2) is 17.3 Å². The largest absolute Gasteiger partial charge is 0.496 e. The van der Waals surface area contributed by atoms with Crippen molar-refractivity contribution in [3.8, 4) is 17.2 Å². The third kappa shape index (κ3) is 4.15. The zero-order chi connectivity index (χ0) is 15.1. The Hall–Kier alpha value is -1.71. The van der Waals surface area contributed by atoms with E-state index in [1.807, 2.05) is 0 Å². The summed E-state index contributed by atoms with van der Waals surface area (Å²) in [6.45, 7) is 4.31. The Bertz CT molecular complexity index is 452. The van der Waals surface area contributed by atoms with E-state index in [4.69, 9.17) is 14.2 Å². The smallest absolute Gasteiger partial charge is 0.166 e. The average Bonchev–Trinajstić information content (AvgIpc) is 2.45. The summed E-state index contributed by atoms with van der Waals surface area (Å²) in [4.78, 5) is 12.3. The van der Waals surface area contributed by atoms with Gasteiger partial charge < -0.3 is 14.2 Å². The normalized spacial score (nSPS) is 10.5. The standard InChI is InChI=1S/C16H24O4/c1-11(2)7-6-8-13(17)12-9-15(19-4)16(20-5)10-14(12)18-3/h9-11H,6-8H2,1-5H3. The molecule has 0 atom stereocenters. The number of hydrogen-bond acceptors (Lipinski definition) is 4. The van der Waals surface area contributed by atoms with Gasteiger partial charge in [-0.1, -0.05) is 20.3 Å². The summed E-state index contributed by atoms with van der Waals surface area (Å²) < 4.78 is 15.7. The summed E-state index contributed by atoms with van der Waals surface area (Å²) in [6, 6.07) is 3.38. The third-order valence-electron chi connectivity index (χ3n) is 3.19. The number of ketones is 1. The highest BCUT2D eigenvalue weighted by Gasteiger charge is 2.17. The number of Topliss-reactive ketones (excluding diaryl/α,β-unsaturated/α-hetero) is 1. The molecule has 0 aliphatic carbocycles. The number of methoxy groups -OCH3 is 3. The van der Waals surface area contributed by atoms with E-state index in [2.05, 4.69) is 13.8 Å². The lowest BCUT2D eigenvalue weighted by Gasteiger charge is -2.13. The van der Waals surface area contributed by atoms with Gasteiger partial charge >= 0.3 is 0 Å². The molecule has 1 aromatic rings. The molecule has 0 amide bonds. The molecule has 0 unspecified atom stereocenters. The number of benzene rings is 1. The Morgan fingerprint density at radius 2 is 1.55 bits per heavy atom. The molecule has 112 valence electrons. The molecular weight excluding hydrogens is 256 g/mol. The molecule has 0 aromatic heterocycles. The van der Waals surface area contributed by atoms with Gasteiger partial charge in [-0.2, -0.15) is 0 Å². The predicted molar refractivity (Wildman–Crippen MR) is 79.1 cm³/mol. The summed E-state index contributed by atoms with van der Waals surface area (Å²) in [5.41, 5.74) is 0.550. The van der Waals surface area contributed by atoms with Crippen molar-refractivity contribution >= 4 is 5.78 Å². The minimum atomic E-state index is 0.0726. The van der Waals surface area contributed by atoms with E-state index in [1.54, 1.807) is 33.5 Å². The molecule has 0 saturated carbocycles. The number of carbonyl (C=O) groups excluding carboxylic acids is 1. The van der Waals surface area contributed by atoms with Crippen LogP contribution in [0, 0.1) is 5.92 Å². The van der Waals surface area contributed by atoms with Crippen molar-refractivity contribution in [2.45, 2.75) is 33.1 Å². The minimum absolute atomic E-state index is 0.0726. The van der Waals surface area contributed by atoms with Crippen molar-refractivity contribution in [3.05, 3.63) is 17.7 Å². The van der Waals surface area contributed by atoms with E-state index < -0.39 is 0 Å². The van der Waals surface area contributed by atoms with E-state index >= 15 is 0 Å². The van der Waals surface area contributed by atoms with Crippen LogP contribution in [0.15, 0.2) is 12.1 Å². The first-order chi connectivity index (χ1) is 9.53. The maximum Gasteiger partial charge on any atom is 0.166 e. The van der Waals surface area contributed by atoms with Gasteiger partial charge in [0.2, 0.25) is 0 Å². The summed E-state index contributed by atoms with van der Waals surface area (Å²) in [5, 5.41) is 0. The molecule has 0 radical (unpaired) electrons. The molecule has 4 nitrogen and oxygen atoms in total. The van der Waals surface area contributed by atoms with Crippen LogP contribution < -0.4 is 14.2 Å². The quantitative estimate of drug-likeness (QED) is 0.681. The monoisotopic (exact) mass is 280 g/mol. The van der Waals surface area contributed by atoms with Crippen molar-refractivity contribution in [3.63, 3.8) is 0 Å². The van der Waals surface area contributed by atoms with Gasteiger partial charge in [0.25, 0.3) is 0 Å². The van der Waals surface area contributed by atoms with Crippen molar-refractivity contribution < 1.29 is 19.0 Å². The molecule has 20 heavy (non-hydrogen) atoms. The molecule has 0 spiro atoms. The summed E-state index contributed by atoms with van der Waals surface area (Å²) in [7, 11) is 4.66. The van der Waals surface area contributed by atoms with Crippen LogP contribution in [0.3, 0.4) is 0 Å². The summed E-state index contributed by atoms with van der Waals surface area (Å²) in [6.07, 6.45) is 2.44. The van der Waals surface area contributed by atoms with E-state index in [1.165, 1.54) is 0 Å². The number of ether oxygens (including phenoxy) is 3. The van der Waals surface area contributed by atoms with Gasteiger partial charge in [-0.05, 0) is 18.4 Å². The molecule has 1 rings (SSSR count). The maximum atomic E-state index is 12.3. The lowest BCUT2D eigenvalue weighted by Crippen LogP contribution is -2.04. The Morgan fingerprint density at radius 1 is 1.00 bits per heavy atom. The van der Waals surface area contributed by atoms with Crippen LogP contribution in [0.2, 0.25) is 0 Å². The first-order valence-corrected chi connectivity index (χ1v) is 6.86. The van der Waals surface area contributed by atoms with E-state index in [0.717, 1.165) is 12.8 Å². The molecular formula is C16H24O4. The zero-order valence-electron chi connectivity index (χ0n) is 13.0. The predicted octanol–water partition coefficient (Wildman–Crippen LogP) is 3.72. The van der Waals surface area contributed by atoms with Crippen LogP contribution in [-0.4, -0.2) is 27.1 Å². The van der Waals surface area contributed by atoms with Crippen LogP contribution in [-0.2, 0) is 0 Å². The fourth-order valence-corrected chi connectivity index (χ4v) is 2.05. The second kappa shape index (κ2) is 7.78. The third-order valence-corrected chi connectivity index (χ3v) is 3.19. The van der Waals surface area contributed by atoms with E-state index in [-0.39, 0.29) is 5.78 Å². The molecule has 0 N–H and O–H groups in total. The fraction of sp³-hybridized carbons (Fsp3) is 0.562. The van der Waals surface area contributed by atoms with Crippen LogP contribution in [0.4, 0.5) is 0 Å². The topological polar surface area (TPSA) is 44.8 Å². The maximum absolute atomic E-state index is 12.3. The van der Waals surface area contributed by atoms with Gasteiger partial charge in [-0.3, -0.25) is 4.79 Å². The first-order valence-electron chi connectivity index (χ1n) is 6.86. The van der Waals surface area contributed by atoms with Crippen LogP contribution in [0.5, 0.6) is 17.2 Å². The van der Waals surface area contributed by atoms with Gasteiger partial charge in [0.1, 0.15) is 5.75 Å². The lowest BCUT2D eigenvalue weighted by atomic mass is 10.0. The van der Waals surface area contributed by atoms with Gasteiger partial charge in [0, 0.05) is 12.5 Å². The highest BCUT2D eigenvalue weighted by Crippen LogP contribution is 2.35. The SMILES string of the molecule is COc1cc(OC)c(C(=O)CCCC(C)C)cc1OC. The van der Waals surface area contributed by atoms with Crippen molar-refractivity contribution in [1.29, 1.82) is 0 Å². The Labute approximate surface area is 121 Å². The molecule has 0 fully saturated rings. The summed E-state index contributed by atoms with van der Waals surface area (Å²) in [5.74, 6) is 2.30. The first kappa shape index (κ1) is 16.3. The Kier molecular flexibility index (Phi) is 6.36. The highest BCUT2D eigenvalue weighted by molar-refractivity contribution is 5.99. The van der Waals surface area contributed by atoms with Crippen LogP contribution >= 0.6 is 0 Å². The molecule has 0 heterocycles. The molecule has 4 heteroatoms. The van der Waals surface area contributed by atoms with E-state index in [9.17, 15) is 4.79 Å². The summed E-state index contributed by atoms with van der Waals surface area (Å²) >= 11 is 0. The van der Waals surface area contributed by atoms with Crippen LogP contribution in [0.1, 0.15) is 43.5 Å². The van der Waals surface area contributed by atoms with Crippen molar-refractivity contribution in [1.82, 2.24) is 0 Å². The molecule has 0 bridgehead atoms. The second-order valence-electron chi connectivity index (χ2n) is 5.12. The van der Waals surface area contributed by atoms with Gasteiger partial charge in [-0.15, -0.1) is 0 Å². The lowest BCUT2D eigenvalue weighted by molar-refractivity contribution is 0.0975. The zero-order valence-corrected chi connectivity index (χ0v) is 13.0. The van der Waals surface area contributed by atoms with Gasteiger partial charge in [-0.25, -0.2) is 0 Å². The second-order valence-corrected chi connectivity index (χ2v) is 5.12. The molecule has 1 aromatic carbocycles. The Balaban J connectivity index is 2.94. The molecule has 0 aliphatic rings. The van der Waals surface area contributed by atoms with Crippen LogP contribution in [0.25, 0.3) is 0 Å². The fourth-order valence-electron chi connectivity index (χ4n) is 2.05. The number of rotatable bonds is 8. The number of carbonyl (C=O) groups is 1. The number of hydrogen-bond donors (Lipinski definition) is 0.